The lowest BCUT2D eigenvalue weighted by molar-refractivity contribution is -0.313. The van der Waals surface area contributed by atoms with Gasteiger partial charge in [-0.15, -0.1) is 0 Å². The minimum atomic E-state index is -1.40. The van der Waals surface area contributed by atoms with Gasteiger partial charge < -0.3 is 29.9 Å². The first-order valence-electron chi connectivity index (χ1n) is 16.7. The molecule has 14 atom stereocenters. The van der Waals surface area contributed by atoms with Gasteiger partial charge in [0.05, 0.1) is 12.7 Å². The highest BCUT2D eigenvalue weighted by Gasteiger charge is 2.59. The highest BCUT2D eigenvalue weighted by atomic mass is 16.7. The van der Waals surface area contributed by atoms with Gasteiger partial charge in [-0.05, 0) is 124 Å². The Morgan fingerprint density at radius 2 is 1.80 bits per heavy atom. The Hall–Kier alpha value is -0.760. The standard InChI is InChI=1S/C35H58O6/c1-7-22(20(2)3)9-8-21(4)26-12-13-27-25-11-10-23-18-24(14-16-34(23,5)28(25)15-17-35(26,27)6)40-33-32(39)31(38)30(37)29(19-36)41-33/h10,21-22,24-33,36-39H,2,7-9,11-19H2,1,3-6H3/t21-,22?,24+,25?,26-,27?,28?,29-,30-,31+,32-,33-,34+,35-/m1/s1. The zero-order chi connectivity index (χ0) is 29.7. The van der Waals surface area contributed by atoms with Crippen LogP contribution < -0.4 is 0 Å². The molecule has 6 nitrogen and oxygen atoms in total. The number of fused-ring (bicyclic) bond motifs is 5. The van der Waals surface area contributed by atoms with Crippen molar-refractivity contribution in [3.05, 3.63) is 23.8 Å². The maximum Gasteiger partial charge on any atom is 0.186 e. The minimum Gasteiger partial charge on any atom is -0.394 e. The molecule has 0 amide bonds. The van der Waals surface area contributed by atoms with Crippen molar-refractivity contribution in [1.29, 1.82) is 0 Å². The molecule has 5 aliphatic rings. The molecule has 1 saturated heterocycles. The van der Waals surface area contributed by atoms with Crippen LogP contribution in [0.15, 0.2) is 23.8 Å². The van der Waals surface area contributed by atoms with E-state index >= 15 is 0 Å². The van der Waals surface area contributed by atoms with Gasteiger partial charge >= 0.3 is 0 Å². The van der Waals surface area contributed by atoms with Crippen LogP contribution in [0, 0.1) is 46.3 Å². The van der Waals surface area contributed by atoms with E-state index in [1.165, 1.54) is 56.1 Å². The van der Waals surface area contributed by atoms with Crippen molar-refractivity contribution in [2.24, 2.45) is 46.3 Å². The second kappa shape index (κ2) is 12.3. The van der Waals surface area contributed by atoms with Crippen LogP contribution in [0.5, 0.6) is 0 Å². The van der Waals surface area contributed by atoms with E-state index in [1.807, 2.05) is 0 Å². The first-order valence-corrected chi connectivity index (χ1v) is 16.7. The van der Waals surface area contributed by atoms with Crippen LogP contribution in [0.3, 0.4) is 0 Å². The molecule has 41 heavy (non-hydrogen) atoms. The lowest BCUT2D eigenvalue weighted by Gasteiger charge is -2.58. The Morgan fingerprint density at radius 3 is 2.49 bits per heavy atom. The highest BCUT2D eigenvalue weighted by Crippen LogP contribution is 2.67. The average Bonchev–Trinajstić information content (AvgIpc) is 3.30. The maximum absolute atomic E-state index is 10.5. The lowest BCUT2D eigenvalue weighted by atomic mass is 9.47. The van der Waals surface area contributed by atoms with Gasteiger partial charge in [0.25, 0.3) is 0 Å². The summed E-state index contributed by atoms with van der Waals surface area (Å²) >= 11 is 0. The zero-order valence-electron chi connectivity index (χ0n) is 26.3. The van der Waals surface area contributed by atoms with Crippen LogP contribution in [-0.2, 0) is 9.47 Å². The summed E-state index contributed by atoms with van der Waals surface area (Å²) in [6, 6.07) is 0. The van der Waals surface area contributed by atoms with Crippen LogP contribution in [0.2, 0.25) is 0 Å². The minimum absolute atomic E-state index is 0.107. The van der Waals surface area contributed by atoms with Crippen molar-refractivity contribution in [2.75, 3.05) is 6.61 Å². The highest BCUT2D eigenvalue weighted by molar-refractivity contribution is 5.25. The first kappa shape index (κ1) is 31.7. The molecule has 4 aliphatic carbocycles. The summed E-state index contributed by atoms with van der Waals surface area (Å²) in [5.41, 5.74) is 3.49. The van der Waals surface area contributed by atoms with Gasteiger partial charge in [-0.1, -0.05) is 51.5 Å². The molecule has 5 rings (SSSR count). The fraction of sp³-hybridized carbons (Fsp3) is 0.886. The molecular weight excluding hydrogens is 516 g/mol. The van der Waals surface area contributed by atoms with E-state index in [0.717, 1.165) is 55.3 Å². The second-order valence-corrected chi connectivity index (χ2v) is 15.2. The number of hydrogen-bond donors (Lipinski definition) is 4. The Bertz CT molecular complexity index is 962. The van der Waals surface area contributed by atoms with Gasteiger partial charge in [-0.25, -0.2) is 0 Å². The van der Waals surface area contributed by atoms with Crippen molar-refractivity contribution in [1.82, 2.24) is 0 Å². The SMILES string of the molecule is C=C(C)C(CC)CC[C@@H](C)[C@H]1CCC2C3CC=C4C[C@@H](O[C@@H]5O[C@H](CO)[C@@H](O)[C@H](O)[C@H]5O)CC[C@]4(C)C3CC[C@@]21C. The Balaban J connectivity index is 1.24. The van der Waals surface area contributed by atoms with Crippen LogP contribution >= 0.6 is 0 Å². The fourth-order valence-corrected chi connectivity index (χ4v) is 10.6. The van der Waals surface area contributed by atoms with Crippen molar-refractivity contribution in [3.63, 3.8) is 0 Å². The summed E-state index contributed by atoms with van der Waals surface area (Å²) < 4.78 is 11.9. The van der Waals surface area contributed by atoms with Gasteiger partial charge in [-0.3, -0.25) is 0 Å². The van der Waals surface area contributed by atoms with Gasteiger partial charge in [0.1, 0.15) is 24.4 Å². The molecule has 4 unspecified atom stereocenters. The third-order valence-electron chi connectivity index (χ3n) is 13.2. The van der Waals surface area contributed by atoms with Gasteiger partial charge in [0, 0.05) is 0 Å². The molecule has 0 spiro atoms. The monoisotopic (exact) mass is 574 g/mol. The third-order valence-corrected chi connectivity index (χ3v) is 13.2. The summed E-state index contributed by atoms with van der Waals surface area (Å²) in [7, 11) is 0. The number of hydrogen-bond acceptors (Lipinski definition) is 6. The molecule has 3 saturated carbocycles. The molecule has 0 aromatic carbocycles. The Labute approximate surface area is 248 Å². The summed E-state index contributed by atoms with van der Waals surface area (Å²) in [5.74, 6) is 4.57. The summed E-state index contributed by atoms with van der Waals surface area (Å²) in [6.07, 6.45) is 9.51. The molecule has 6 heteroatoms. The molecule has 234 valence electrons. The number of allylic oxidation sites excluding steroid dienone is 2. The fourth-order valence-electron chi connectivity index (χ4n) is 10.6. The lowest BCUT2D eigenvalue weighted by Crippen LogP contribution is -2.60. The molecule has 4 fully saturated rings. The van der Waals surface area contributed by atoms with Crippen molar-refractivity contribution < 1.29 is 29.9 Å². The summed E-state index contributed by atoms with van der Waals surface area (Å²) in [4.78, 5) is 0. The van der Waals surface area contributed by atoms with Gasteiger partial charge in [0.2, 0.25) is 0 Å². The third kappa shape index (κ3) is 5.64. The topological polar surface area (TPSA) is 99.4 Å². The number of ether oxygens (including phenoxy) is 2. The molecule has 0 radical (unpaired) electrons. The van der Waals surface area contributed by atoms with Crippen molar-refractivity contribution in [2.45, 2.75) is 142 Å². The quantitative estimate of drug-likeness (QED) is 0.261. The van der Waals surface area contributed by atoms with E-state index in [2.05, 4.69) is 47.3 Å². The van der Waals surface area contributed by atoms with E-state index in [4.69, 9.17) is 9.47 Å². The van der Waals surface area contributed by atoms with Crippen molar-refractivity contribution >= 4 is 0 Å². The summed E-state index contributed by atoms with van der Waals surface area (Å²) in [5, 5.41) is 40.4. The molecular formula is C35H58O6. The predicted molar refractivity (Wildman–Crippen MR) is 161 cm³/mol. The normalized spacial score (nSPS) is 47.5. The van der Waals surface area contributed by atoms with E-state index < -0.39 is 37.3 Å². The van der Waals surface area contributed by atoms with Crippen molar-refractivity contribution in [3.8, 4) is 0 Å². The molecule has 0 aromatic rings. The largest absolute Gasteiger partial charge is 0.394 e. The smallest absolute Gasteiger partial charge is 0.186 e. The van der Waals surface area contributed by atoms with E-state index in [0.29, 0.717) is 11.3 Å². The maximum atomic E-state index is 10.5. The van der Waals surface area contributed by atoms with E-state index in [9.17, 15) is 20.4 Å². The Kier molecular flexibility index (Phi) is 9.51. The molecule has 1 heterocycles. The van der Waals surface area contributed by atoms with Crippen LogP contribution in [0.25, 0.3) is 0 Å². The summed E-state index contributed by atoms with van der Waals surface area (Å²) in [6.45, 7) is 16.0. The molecule has 4 N–H and O–H groups in total. The van der Waals surface area contributed by atoms with Gasteiger partial charge in [-0.2, -0.15) is 0 Å². The molecule has 1 aliphatic heterocycles. The van der Waals surface area contributed by atoms with Crippen LogP contribution in [-0.4, -0.2) is 63.8 Å². The molecule has 0 bridgehead atoms. The number of rotatable bonds is 9. The number of aliphatic hydroxyl groups excluding tert-OH is 4. The Morgan fingerprint density at radius 1 is 1.05 bits per heavy atom. The van der Waals surface area contributed by atoms with Gasteiger partial charge in [0.15, 0.2) is 6.29 Å². The average molecular weight is 575 g/mol. The second-order valence-electron chi connectivity index (χ2n) is 15.2. The van der Waals surface area contributed by atoms with E-state index in [1.54, 1.807) is 0 Å². The van der Waals surface area contributed by atoms with Crippen LogP contribution in [0.1, 0.15) is 105 Å². The first-order chi connectivity index (χ1) is 19.4. The van der Waals surface area contributed by atoms with Crippen LogP contribution in [0.4, 0.5) is 0 Å². The predicted octanol–water partition coefficient (Wildman–Crippen LogP) is 5.77. The number of aliphatic hydroxyl groups is 4. The molecule has 0 aromatic heterocycles. The van der Waals surface area contributed by atoms with E-state index in [-0.39, 0.29) is 11.5 Å². The zero-order valence-corrected chi connectivity index (χ0v) is 26.3.